The van der Waals surface area contributed by atoms with E-state index in [2.05, 4.69) is 5.32 Å². The van der Waals surface area contributed by atoms with Crippen LogP contribution in [0.4, 0.5) is 11.5 Å². The van der Waals surface area contributed by atoms with E-state index in [4.69, 9.17) is 5.11 Å². The molecule has 0 amide bonds. The molecule has 0 spiro atoms. The minimum absolute atomic E-state index is 0.436. The summed E-state index contributed by atoms with van der Waals surface area (Å²) in [7, 11) is 0. The highest BCUT2D eigenvalue weighted by atomic mass is 16.6. The zero-order chi connectivity index (χ0) is 17.5. The van der Waals surface area contributed by atoms with Crippen LogP contribution in [-0.4, -0.2) is 71.0 Å². The first kappa shape index (κ1) is 17.0. The topological polar surface area (TPSA) is 211 Å². The summed E-state index contributed by atoms with van der Waals surface area (Å²) in [5.41, 5.74) is -3.53. The highest BCUT2D eigenvalue weighted by Gasteiger charge is 2.44. The van der Waals surface area contributed by atoms with Crippen LogP contribution in [0.25, 0.3) is 0 Å². The smallest absolute Gasteiger partial charge is 0.374 e. The molecule has 1 aliphatic rings. The Hall–Kier alpha value is -2.32. The highest BCUT2D eigenvalue weighted by molar-refractivity contribution is 5.58. The molecule has 13 heteroatoms. The maximum Gasteiger partial charge on any atom is 0.374 e. The first-order valence-electron chi connectivity index (χ1n) is 6.33. The maximum atomic E-state index is 11.7. The van der Waals surface area contributed by atoms with Crippen LogP contribution in [0, 0.1) is 10.1 Å². The van der Waals surface area contributed by atoms with Gasteiger partial charge in [-0.2, -0.15) is 0 Å². The standard InChI is InChI=1S/C10H14N4O9/c15-1-2(16)5(17)6(18)3-9(20)13-7(11-3)4(14(22)23)8(19)12-10(13)21/h2-3,5-6,9,11,15-18,20H,1H2,(H,12,19,21)/t2-,3-,5-,6-,9+/m1/s1. The van der Waals surface area contributed by atoms with Crippen LogP contribution in [0.5, 0.6) is 0 Å². The second kappa shape index (κ2) is 6.05. The third kappa shape index (κ3) is 2.71. The molecular formula is C10H14N4O9. The lowest BCUT2D eigenvalue weighted by atomic mass is 10.0. The number of anilines is 1. The van der Waals surface area contributed by atoms with Crippen molar-refractivity contribution in [2.45, 2.75) is 30.6 Å². The van der Waals surface area contributed by atoms with Crippen LogP contribution in [0.1, 0.15) is 6.23 Å². The molecule has 2 heterocycles. The Balaban J connectivity index is 2.47. The van der Waals surface area contributed by atoms with Gasteiger partial charge in [-0.1, -0.05) is 0 Å². The van der Waals surface area contributed by atoms with Crippen molar-refractivity contribution in [1.82, 2.24) is 9.55 Å². The number of nitrogens with one attached hydrogen (secondary N) is 2. The second-order valence-electron chi connectivity index (χ2n) is 4.90. The molecule has 5 atom stereocenters. The molecule has 7 N–H and O–H groups in total. The number of aromatic nitrogens is 2. The number of fused-ring (bicyclic) bond motifs is 1. The molecule has 0 saturated carbocycles. The van der Waals surface area contributed by atoms with E-state index in [1.807, 2.05) is 0 Å². The number of aliphatic hydroxyl groups is 5. The Morgan fingerprint density at radius 3 is 2.43 bits per heavy atom. The van der Waals surface area contributed by atoms with Gasteiger partial charge in [0.25, 0.3) is 0 Å². The molecule has 0 fully saturated rings. The van der Waals surface area contributed by atoms with E-state index in [0.29, 0.717) is 4.57 Å². The Bertz CT molecular complexity index is 728. The van der Waals surface area contributed by atoms with Crippen molar-refractivity contribution in [2.24, 2.45) is 0 Å². The van der Waals surface area contributed by atoms with Crippen molar-refractivity contribution in [3.8, 4) is 0 Å². The third-order valence-electron chi connectivity index (χ3n) is 3.49. The molecule has 13 nitrogen and oxygen atoms in total. The lowest BCUT2D eigenvalue weighted by molar-refractivity contribution is -0.385. The molecule has 0 radical (unpaired) electrons. The maximum absolute atomic E-state index is 11.7. The summed E-state index contributed by atoms with van der Waals surface area (Å²) in [6, 6.07) is -1.55. The minimum Gasteiger partial charge on any atom is -0.394 e. The monoisotopic (exact) mass is 334 g/mol. The summed E-state index contributed by atoms with van der Waals surface area (Å²) in [6.07, 6.45) is -7.47. The van der Waals surface area contributed by atoms with Crippen molar-refractivity contribution < 1.29 is 30.5 Å². The lowest BCUT2D eigenvalue weighted by Gasteiger charge is -2.27. The molecule has 0 saturated heterocycles. The summed E-state index contributed by atoms with van der Waals surface area (Å²) >= 11 is 0. The van der Waals surface area contributed by atoms with Crippen molar-refractivity contribution >= 4 is 11.5 Å². The SMILES string of the molecule is O=c1[nH]c(=O)n2c(c1[N+](=O)[O-])N[C@H]([C@@H](O)[C@H](O)[C@H](O)CO)[C@@H]2O. The molecule has 0 aliphatic carbocycles. The van der Waals surface area contributed by atoms with Gasteiger partial charge in [0, 0.05) is 0 Å². The number of aliphatic hydroxyl groups excluding tert-OH is 5. The molecule has 0 bridgehead atoms. The molecule has 1 aliphatic heterocycles. The number of hydrogen-bond donors (Lipinski definition) is 7. The summed E-state index contributed by atoms with van der Waals surface area (Å²) in [5, 5.41) is 60.8. The molecule has 2 rings (SSSR count). The quantitative estimate of drug-likeness (QED) is 0.204. The summed E-state index contributed by atoms with van der Waals surface area (Å²) in [5.74, 6) is -0.647. The van der Waals surface area contributed by atoms with Crippen LogP contribution in [0.2, 0.25) is 0 Å². The van der Waals surface area contributed by atoms with Gasteiger partial charge in [0.2, 0.25) is 0 Å². The minimum atomic E-state index is -1.92. The summed E-state index contributed by atoms with van der Waals surface area (Å²) in [6.45, 7) is -0.896. The van der Waals surface area contributed by atoms with Crippen molar-refractivity contribution in [3.63, 3.8) is 0 Å². The van der Waals surface area contributed by atoms with Gasteiger partial charge in [0.1, 0.15) is 24.4 Å². The van der Waals surface area contributed by atoms with Gasteiger partial charge in [-0.15, -0.1) is 0 Å². The average molecular weight is 334 g/mol. The summed E-state index contributed by atoms with van der Waals surface area (Å²) < 4.78 is 0.436. The predicted octanol–water partition coefficient (Wildman–Crippen LogP) is -4.20. The average Bonchev–Trinajstić information content (AvgIpc) is 2.82. The Kier molecular flexibility index (Phi) is 4.49. The van der Waals surface area contributed by atoms with Gasteiger partial charge < -0.3 is 30.8 Å². The van der Waals surface area contributed by atoms with Gasteiger partial charge in [0.15, 0.2) is 12.0 Å². The Morgan fingerprint density at radius 2 is 1.91 bits per heavy atom. The zero-order valence-electron chi connectivity index (χ0n) is 11.4. The summed E-state index contributed by atoms with van der Waals surface area (Å²) in [4.78, 5) is 34.7. The fourth-order valence-corrected chi connectivity index (χ4v) is 2.30. The Labute approximate surface area is 126 Å². The number of H-pyrrole nitrogens is 1. The second-order valence-corrected chi connectivity index (χ2v) is 4.90. The third-order valence-corrected chi connectivity index (χ3v) is 3.49. The van der Waals surface area contributed by atoms with E-state index in [-0.39, 0.29) is 0 Å². The molecule has 1 aromatic heterocycles. The largest absolute Gasteiger partial charge is 0.394 e. The van der Waals surface area contributed by atoms with Crippen molar-refractivity contribution in [2.75, 3.05) is 11.9 Å². The molecular weight excluding hydrogens is 320 g/mol. The van der Waals surface area contributed by atoms with E-state index < -0.39 is 64.9 Å². The first-order valence-corrected chi connectivity index (χ1v) is 6.33. The van der Waals surface area contributed by atoms with E-state index in [0.717, 1.165) is 0 Å². The van der Waals surface area contributed by atoms with E-state index in [9.17, 15) is 40.1 Å². The number of nitro groups is 1. The highest BCUT2D eigenvalue weighted by Crippen LogP contribution is 2.32. The molecule has 0 unspecified atom stereocenters. The van der Waals surface area contributed by atoms with Crippen LogP contribution in [0.3, 0.4) is 0 Å². The first-order chi connectivity index (χ1) is 10.7. The van der Waals surface area contributed by atoms with E-state index in [1.54, 1.807) is 4.98 Å². The number of nitrogens with zero attached hydrogens (tertiary/aromatic N) is 2. The van der Waals surface area contributed by atoms with Crippen molar-refractivity contribution in [1.29, 1.82) is 0 Å². The van der Waals surface area contributed by atoms with Gasteiger partial charge in [-0.3, -0.25) is 19.9 Å². The van der Waals surface area contributed by atoms with E-state index >= 15 is 0 Å². The molecule has 128 valence electrons. The fraction of sp³-hybridized carbons (Fsp3) is 0.600. The van der Waals surface area contributed by atoms with Crippen LogP contribution >= 0.6 is 0 Å². The zero-order valence-corrected chi connectivity index (χ0v) is 11.4. The fourth-order valence-electron chi connectivity index (χ4n) is 2.30. The molecule has 23 heavy (non-hydrogen) atoms. The van der Waals surface area contributed by atoms with Crippen LogP contribution in [-0.2, 0) is 0 Å². The van der Waals surface area contributed by atoms with Crippen LogP contribution in [0.15, 0.2) is 9.59 Å². The van der Waals surface area contributed by atoms with Gasteiger partial charge in [0.05, 0.1) is 11.5 Å². The van der Waals surface area contributed by atoms with Crippen molar-refractivity contribution in [3.05, 3.63) is 31.0 Å². The Morgan fingerprint density at radius 1 is 1.30 bits per heavy atom. The normalized spacial score (nSPS) is 23.7. The lowest BCUT2D eigenvalue weighted by Crippen LogP contribution is -2.49. The van der Waals surface area contributed by atoms with Gasteiger partial charge in [-0.05, 0) is 0 Å². The predicted molar refractivity (Wildman–Crippen MR) is 71.7 cm³/mol. The molecule has 1 aromatic rings. The van der Waals surface area contributed by atoms with E-state index in [1.165, 1.54) is 0 Å². The molecule has 0 aromatic carbocycles. The van der Waals surface area contributed by atoms with Gasteiger partial charge in [-0.25, -0.2) is 9.36 Å². The number of hydrogen-bond acceptors (Lipinski definition) is 10. The number of rotatable bonds is 5. The van der Waals surface area contributed by atoms with Crippen LogP contribution < -0.4 is 16.6 Å². The number of aromatic amines is 1. The van der Waals surface area contributed by atoms with Gasteiger partial charge >= 0.3 is 16.9 Å².